The fourth-order valence-electron chi connectivity index (χ4n) is 2.58. The summed E-state index contributed by atoms with van der Waals surface area (Å²) >= 11 is 0. The Bertz CT molecular complexity index is 658. The molecule has 134 valence electrons. The third-order valence-corrected chi connectivity index (χ3v) is 4.01. The molecule has 0 aromatic carbocycles. The molecule has 3 rings (SSSR count). The zero-order chi connectivity index (χ0) is 17.6. The van der Waals surface area contributed by atoms with Gasteiger partial charge in [0.2, 0.25) is 5.88 Å². The van der Waals surface area contributed by atoms with E-state index in [-0.39, 0.29) is 64.8 Å². The van der Waals surface area contributed by atoms with Crippen molar-refractivity contribution in [1.29, 1.82) is 0 Å². The first-order chi connectivity index (χ1) is 11.2. The monoisotopic (exact) mass is 410 g/mol. The molecule has 0 saturated carbocycles. The Hall–Kier alpha value is 0.430. The second-order valence-corrected chi connectivity index (χ2v) is 6.19. The van der Waals surface area contributed by atoms with Crippen molar-refractivity contribution in [2.24, 2.45) is 9.98 Å². The van der Waals surface area contributed by atoms with Gasteiger partial charge in [-0.15, -0.1) is 0 Å². The number of phosphoric acid groups is 1. The van der Waals surface area contributed by atoms with E-state index in [0.29, 0.717) is 5.06 Å². The van der Waals surface area contributed by atoms with Gasteiger partial charge in [0.05, 0.1) is 20.8 Å². The van der Waals surface area contributed by atoms with E-state index in [1.807, 2.05) is 0 Å². The molecule has 1 fully saturated rings. The number of aliphatic hydroxyl groups excluding tert-OH is 4. The Morgan fingerprint density at radius 3 is 2.42 bits per heavy atom. The Morgan fingerprint density at radius 1 is 1.23 bits per heavy atom. The summed E-state index contributed by atoms with van der Waals surface area (Å²) in [4.78, 5) is 30.1. The first kappa shape index (κ1) is 24.5. The fraction of sp³-hybridized carbons (Fsp3) is 0.600. The molecule has 16 heteroatoms. The molecule has 0 spiro atoms. The number of nitrogens with zero attached hydrogens (tertiary/aromatic N) is 4. The molecule has 4 N–H and O–H groups in total. The molecular formula is C10H13N4Na2O9P. The van der Waals surface area contributed by atoms with Crippen LogP contribution in [0.15, 0.2) is 21.6 Å². The number of rotatable bonds is 4. The van der Waals surface area contributed by atoms with Crippen molar-refractivity contribution in [3.63, 3.8) is 0 Å². The number of aliphatic imine (C=N–C) groups is 2. The summed E-state index contributed by atoms with van der Waals surface area (Å²) in [5.74, 6) is -0.558. The normalized spacial score (nSPS) is 33.2. The van der Waals surface area contributed by atoms with Gasteiger partial charge in [0.25, 0.3) is 0 Å². The maximum Gasteiger partial charge on any atom is 1.00 e. The van der Waals surface area contributed by atoms with Gasteiger partial charge >= 0.3 is 59.1 Å². The smallest absolute Gasteiger partial charge is 0.788 e. The van der Waals surface area contributed by atoms with Crippen molar-refractivity contribution in [1.82, 2.24) is 9.96 Å². The van der Waals surface area contributed by atoms with Gasteiger partial charge in [-0.2, -0.15) is 0 Å². The Labute approximate surface area is 191 Å². The van der Waals surface area contributed by atoms with E-state index in [1.165, 1.54) is 0 Å². The van der Waals surface area contributed by atoms with Crippen molar-refractivity contribution in [3.8, 4) is 0 Å². The maximum absolute atomic E-state index is 10.9. The van der Waals surface area contributed by atoms with E-state index in [9.17, 15) is 29.7 Å². The predicted octanol–water partition coefficient (Wildman–Crippen LogP) is -10.1. The van der Waals surface area contributed by atoms with Crippen LogP contribution in [0.1, 0.15) is 0 Å². The molecule has 1 unspecified atom stereocenters. The van der Waals surface area contributed by atoms with E-state index in [2.05, 4.69) is 14.6 Å². The van der Waals surface area contributed by atoms with Gasteiger partial charge in [-0.25, -0.2) is 19.7 Å². The molecule has 0 aromatic heterocycles. The van der Waals surface area contributed by atoms with Crippen LogP contribution in [0, 0.1) is 0 Å². The standard InChI is InChI=1S/C10H15N4O9P.2Na/c15-1-4-6(16)7(17)10(22-4)13-2-11-5-8(18)12-3-14(9(5)13)23-24(19,20)21;;/h2-4,6-7,9-10,15-18H,1H2,(H2,19,20,21);;/q;2*+1/p-2/t4-,6-,7-,9?,10-;;/m1../s1. The summed E-state index contributed by atoms with van der Waals surface area (Å²) in [6, 6.07) is 0. The van der Waals surface area contributed by atoms with E-state index in [0.717, 1.165) is 17.6 Å². The number of hydrogen-bond donors (Lipinski definition) is 4. The first-order valence-corrected chi connectivity index (χ1v) is 8.10. The SMILES string of the molecule is O=P([O-])([O-])ON1C=NC(O)=C2N=CN([C@@H]3O[C@H](CO)[C@@H](O)[C@H]3O)C21.[Na+].[Na+]. The van der Waals surface area contributed by atoms with Crippen molar-refractivity contribution >= 4 is 20.5 Å². The summed E-state index contributed by atoms with van der Waals surface area (Å²) in [7, 11) is -5.45. The van der Waals surface area contributed by atoms with E-state index >= 15 is 0 Å². The van der Waals surface area contributed by atoms with Crippen molar-refractivity contribution in [3.05, 3.63) is 11.6 Å². The Balaban J connectivity index is 0.00000169. The summed E-state index contributed by atoms with van der Waals surface area (Å²) in [6.45, 7) is -0.573. The average Bonchev–Trinajstić information content (AvgIpc) is 3.05. The molecule has 26 heavy (non-hydrogen) atoms. The predicted molar refractivity (Wildman–Crippen MR) is 70.6 cm³/mol. The van der Waals surface area contributed by atoms with Crippen LogP contribution in [-0.2, 0) is 13.9 Å². The third kappa shape index (κ3) is 4.70. The van der Waals surface area contributed by atoms with Crippen LogP contribution in [0.25, 0.3) is 0 Å². The van der Waals surface area contributed by atoms with Crippen molar-refractivity contribution < 1.29 is 103 Å². The van der Waals surface area contributed by atoms with Crippen LogP contribution in [0.5, 0.6) is 0 Å². The fourth-order valence-corrected chi connectivity index (χ4v) is 2.94. The minimum absolute atomic E-state index is 0. The quantitative estimate of drug-likeness (QED) is 0.254. The molecule has 3 aliphatic heterocycles. The van der Waals surface area contributed by atoms with Crippen molar-refractivity contribution in [2.75, 3.05) is 6.61 Å². The topological polar surface area (TPSA) is 194 Å². The number of hydrogen-bond acceptors (Lipinski definition) is 13. The molecule has 0 radical (unpaired) electrons. The van der Waals surface area contributed by atoms with E-state index in [4.69, 9.17) is 9.84 Å². The summed E-state index contributed by atoms with van der Waals surface area (Å²) in [5, 5.41) is 39.2. The first-order valence-electron chi connectivity index (χ1n) is 6.64. The summed E-state index contributed by atoms with van der Waals surface area (Å²) in [5.41, 5.74) is -0.163. The summed E-state index contributed by atoms with van der Waals surface area (Å²) < 4.78 is 20.4. The molecule has 0 bridgehead atoms. The molecule has 0 amide bonds. The van der Waals surface area contributed by atoms with Gasteiger partial charge in [0.15, 0.2) is 12.4 Å². The average molecular weight is 410 g/mol. The molecule has 0 aromatic rings. The second-order valence-electron chi connectivity index (χ2n) is 5.14. The molecule has 1 saturated heterocycles. The van der Waals surface area contributed by atoms with Crippen LogP contribution < -0.4 is 68.9 Å². The van der Waals surface area contributed by atoms with Gasteiger partial charge < -0.3 is 44.4 Å². The van der Waals surface area contributed by atoms with Gasteiger partial charge in [0.1, 0.15) is 30.3 Å². The van der Waals surface area contributed by atoms with Crippen molar-refractivity contribution in [2.45, 2.75) is 30.7 Å². The second kappa shape index (κ2) is 9.29. The maximum atomic E-state index is 10.9. The number of hydroxylamine groups is 2. The van der Waals surface area contributed by atoms with E-state index < -0.39 is 51.0 Å². The molecule has 3 aliphatic rings. The van der Waals surface area contributed by atoms with Gasteiger partial charge in [-0.1, -0.05) is 0 Å². The summed E-state index contributed by atoms with van der Waals surface area (Å²) in [6.07, 6.45) is -4.70. The number of aliphatic hydroxyl groups is 4. The zero-order valence-corrected chi connectivity index (χ0v) is 18.7. The van der Waals surface area contributed by atoms with Gasteiger partial charge in [-0.3, -0.25) is 0 Å². The molecule has 13 nitrogen and oxygen atoms in total. The minimum atomic E-state index is -5.45. The number of ether oxygens (including phenoxy) is 1. The van der Waals surface area contributed by atoms with Crippen LogP contribution in [-0.4, -0.2) is 80.4 Å². The largest absolute Gasteiger partial charge is 1.00 e. The van der Waals surface area contributed by atoms with E-state index in [1.54, 1.807) is 0 Å². The van der Waals surface area contributed by atoms with Gasteiger partial charge in [-0.05, 0) is 0 Å². The molecule has 3 heterocycles. The van der Waals surface area contributed by atoms with Gasteiger partial charge in [0, 0.05) is 0 Å². The molecule has 5 atom stereocenters. The third-order valence-electron chi connectivity index (χ3n) is 3.63. The molecule has 0 aliphatic carbocycles. The van der Waals surface area contributed by atoms with Crippen LogP contribution in [0.2, 0.25) is 0 Å². The zero-order valence-electron chi connectivity index (χ0n) is 13.8. The van der Waals surface area contributed by atoms with Crippen LogP contribution in [0.4, 0.5) is 0 Å². The molecular weight excluding hydrogens is 397 g/mol. The Kier molecular flexibility index (Phi) is 8.74. The Morgan fingerprint density at radius 2 is 1.88 bits per heavy atom. The van der Waals surface area contributed by atoms with Crippen LogP contribution in [0.3, 0.4) is 0 Å². The minimum Gasteiger partial charge on any atom is -0.788 e. The number of fused-ring (bicyclic) bond motifs is 1. The van der Waals surface area contributed by atoms with Crippen LogP contribution >= 0.6 is 7.82 Å².